The predicted molar refractivity (Wildman–Crippen MR) is 154 cm³/mol. The Hall–Kier alpha value is -4.63. The highest BCUT2D eigenvalue weighted by molar-refractivity contribution is 5.90. The van der Waals surface area contributed by atoms with Crippen molar-refractivity contribution in [1.82, 2.24) is 31.8 Å². The third-order valence-corrected chi connectivity index (χ3v) is 7.20. The van der Waals surface area contributed by atoms with Crippen LogP contribution < -0.4 is 26.8 Å². The van der Waals surface area contributed by atoms with E-state index in [1.165, 1.54) is 5.56 Å². The van der Waals surface area contributed by atoms with Gasteiger partial charge in [-0.25, -0.2) is 10.2 Å². The Morgan fingerprint density at radius 3 is 2.55 bits per heavy atom. The van der Waals surface area contributed by atoms with Gasteiger partial charge in [-0.15, -0.1) is 0 Å². The first kappa shape index (κ1) is 27.0. The van der Waals surface area contributed by atoms with Gasteiger partial charge in [-0.3, -0.25) is 15.0 Å². The molecular weight excluding hydrogens is 504 g/mol. The smallest absolute Gasteiger partial charge is 0.334 e. The van der Waals surface area contributed by atoms with Crippen molar-refractivity contribution in [3.05, 3.63) is 107 Å². The van der Waals surface area contributed by atoms with E-state index in [-0.39, 0.29) is 30.7 Å². The highest BCUT2D eigenvalue weighted by Gasteiger charge is 2.24. The summed E-state index contributed by atoms with van der Waals surface area (Å²) in [7, 11) is 0. The second kappa shape index (κ2) is 12.9. The number of fused-ring (bicyclic) bond motifs is 2. The minimum Gasteiger partial charge on any atom is -0.361 e. The number of H-pyrrole nitrogens is 1. The lowest BCUT2D eigenvalue weighted by molar-refractivity contribution is -0.123. The zero-order valence-electron chi connectivity index (χ0n) is 22.2. The van der Waals surface area contributed by atoms with Crippen LogP contribution in [-0.4, -0.2) is 42.0 Å². The number of carbonyl (C=O) groups is 3. The summed E-state index contributed by atoms with van der Waals surface area (Å²) >= 11 is 0. The predicted octanol–water partition coefficient (Wildman–Crippen LogP) is 3.05. The topological polar surface area (TPSA) is 127 Å². The molecule has 1 aliphatic rings. The Labute approximate surface area is 233 Å². The summed E-state index contributed by atoms with van der Waals surface area (Å²) in [6.45, 7) is 1.22. The summed E-state index contributed by atoms with van der Waals surface area (Å²) in [6, 6.07) is 24.1. The largest absolute Gasteiger partial charge is 0.361 e. The van der Waals surface area contributed by atoms with E-state index >= 15 is 0 Å². The van der Waals surface area contributed by atoms with Gasteiger partial charge < -0.3 is 20.9 Å². The fourth-order valence-corrected chi connectivity index (χ4v) is 5.16. The lowest BCUT2D eigenvalue weighted by atomic mass is 9.92. The van der Waals surface area contributed by atoms with E-state index in [1.54, 1.807) is 0 Å². The normalized spacial score (nSPS) is 15.1. The van der Waals surface area contributed by atoms with E-state index in [1.807, 2.05) is 79.0 Å². The van der Waals surface area contributed by atoms with Crippen LogP contribution in [-0.2, 0) is 28.9 Å². The van der Waals surface area contributed by atoms with Crippen LogP contribution in [0.2, 0.25) is 0 Å². The van der Waals surface area contributed by atoms with Crippen LogP contribution in [0.3, 0.4) is 0 Å². The molecule has 0 aliphatic carbocycles. The first-order chi connectivity index (χ1) is 19.6. The molecule has 2 heterocycles. The lowest BCUT2D eigenvalue weighted by Crippen LogP contribution is -2.55. The van der Waals surface area contributed by atoms with Gasteiger partial charge in [0.2, 0.25) is 11.8 Å². The summed E-state index contributed by atoms with van der Waals surface area (Å²) < 4.78 is 0. The van der Waals surface area contributed by atoms with Crippen LogP contribution in [0.4, 0.5) is 4.79 Å². The molecule has 0 radical (unpaired) electrons. The van der Waals surface area contributed by atoms with Gasteiger partial charge in [0, 0.05) is 42.5 Å². The first-order valence-corrected chi connectivity index (χ1v) is 13.6. The maximum Gasteiger partial charge on any atom is 0.334 e. The first-order valence-electron chi connectivity index (χ1n) is 13.6. The summed E-state index contributed by atoms with van der Waals surface area (Å²) in [4.78, 5) is 41.8. The molecule has 1 aliphatic heterocycles. The minimum atomic E-state index is -0.848. The van der Waals surface area contributed by atoms with E-state index in [9.17, 15) is 14.4 Å². The maximum atomic E-state index is 13.2. The van der Waals surface area contributed by atoms with Gasteiger partial charge in [-0.1, -0.05) is 72.8 Å². The van der Waals surface area contributed by atoms with Gasteiger partial charge in [0.1, 0.15) is 6.04 Å². The highest BCUT2D eigenvalue weighted by atomic mass is 16.2. The molecule has 5 rings (SSSR count). The van der Waals surface area contributed by atoms with Gasteiger partial charge in [-0.05, 0) is 47.7 Å². The van der Waals surface area contributed by atoms with Crippen LogP contribution in [0.1, 0.15) is 34.7 Å². The number of para-hydroxylation sites is 1. The van der Waals surface area contributed by atoms with Crippen LogP contribution in [0, 0.1) is 0 Å². The van der Waals surface area contributed by atoms with Crippen LogP contribution in [0.5, 0.6) is 0 Å². The molecule has 0 spiro atoms. The molecule has 0 fully saturated rings. The number of aromatic amines is 1. The Morgan fingerprint density at radius 2 is 1.68 bits per heavy atom. The molecule has 6 N–H and O–H groups in total. The van der Waals surface area contributed by atoms with Crippen molar-refractivity contribution in [2.24, 2.45) is 0 Å². The molecule has 4 aromatic rings. The van der Waals surface area contributed by atoms with Crippen LogP contribution in [0.25, 0.3) is 10.9 Å². The fourth-order valence-electron chi connectivity index (χ4n) is 5.16. The Balaban J connectivity index is 1.18. The van der Waals surface area contributed by atoms with Crippen LogP contribution in [0.15, 0.2) is 85.1 Å². The molecule has 0 saturated heterocycles. The second-order valence-electron chi connectivity index (χ2n) is 9.95. The third-order valence-electron chi connectivity index (χ3n) is 7.20. The van der Waals surface area contributed by atoms with E-state index in [4.69, 9.17) is 0 Å². The molecule has 0 saturated carbocycles. The van der Waals surface area contributed by atoms with Gasteiger partial charge in [-0.2, -0.15) is 0 Å². The van der Waals surface area contributed by atoms with Crippen molar-refractivity contribution in [1.29, 1.82) is 0 Å². The zero-order valence-corrected chi connectivity index (χ0v) is 22.2. The maximum absolute atomic E-state index is 13.2. The van der Waals surface area contributed by atoms with Gasteiger partial charge in [0.05, 0.1) is 0 Å². The van der Waals surface area contributed by atoms with Crippen LogP contribution >= 0.6 is 0 Å². The molecule has 0 bridgehead atoms. The quantitative estimate of drug-likeness (QED) is 0.183. The van der Waals surface area contributed by atoms with Gasteiger partial charge in [0.15, 0.2) is 0 Å². The number of carbonyl (C=O) groups excluding carboxylic acids is 3. The number of aromatic nitrogens is 1. The van der Waals surface area contributed by atoms with E-state index < -0.39 is 12.1 Å². The minimum absolute atomic E-state index is 0.125. The summed E-state index contributed by atoms with van der Waals surface area (Å²) in [5, 5.41) is 10.0. The second-order valence-corrected chi connectivity index (χ2v) is 9.95. The van der Waals surface area contributed by atoms with Crippen molar-refractivity contribution in [2.45, 2.75) is 37.8 Å². The molecule has 4 amide bonds. The summed E-state index contributed by atoms with van der Waals surface area (Å²) in [6.07, 6.45) is 3.90. The standard InChI is InChI=1S/C31H34N6O3/c38-29(19-27-24-11-5-4-10-22(24)15-17-32-27)36-37-31(40)35-28(18-23-20-34-26-13-7-6-12-25(23)26)30(39)33-16-14-21-8-2-1-3-9-21/h1-13,20,27-28,32,34H,14-19H2,(H,33,39)(H,36,38)(H2,35,37,40)/t27?,28-/m1/s1. The molecule has 9 nitrogen and oxygen atoms in total. The average Bonchev–Trinajstić information content (AvgIpc) is 3.39. The number of urea groups is 1. The number of rotatable bonds is 9. The molecule has 1 unspecified atom stereocenters. The molecule has 1 aromatic heterocycles. The number of hydrazine groups is 1. The Kier molecular flexibility index (Phi) is 8.73. The highest BCUT2D eigenvalue weighted by Crippen LogP contribution is 2.25. The number of hydrogen-bond acceptors (Lipinski definition) is 4. The molecular formula is C31H34N6O3. The summed E-state index contributed by atoms with van der Waals surface area (Å²) in [5.41, 5.74) is 10.2. The molecule has 3 aromatic carbocycles. The number of hydrogen-bond donors (Lipinski definition) is 6. The molecule has 2 atom stereocenters. The zero-order chi connectivity index (χ0) is 27.7. The SMILES string of the molecule is O=C(CC1NCCc2ccccc21)NNC(=O)N[C@H](Cc1c[nH]c2ccccc12)C(=O)NCCc1ccccc1. The number of nitrogens with one attached hydrogen (secondary N) is 6. The number of benzene rings is 3. The molecule has 9 heteroatoms. The number of amides is 4. The van der Waals surface area contributed by atoms with Crippen molar-refractivity contribution >= 4 is 28.7 Å². The fraction of sp³-hybridized carbons (Fsp3) is 0.258. The van der Waals surface area contributed by atoms with Gasteiger partial charge >= 0.3 is 6.03 Å². The lowest BCUT2D eigenvalue weighted by Gasteiger charge is -2.26. The summed E-state index contributed by atoms with van der Waals surface area (Å²) in [5.74, 6) is -0.629. The van der Waals surface area contributed by atoms with E-state index in [0.29, 0.717) is 13.0 Å². The van der Waals surface area contributed by atoms with Crippen molar-refractivity contribution < 1.29 is 14.4 Å². The van der Waals surface area contributed by atoms with E-state index in [0.717, 1.165) is 40.6 Å². The molecule has 206 valence electrons. The average molecular weight is 539 g/mol. The van der Waals surface area contributed by atoms with Crippen molar-refractivity contribution in [3.8, 4) is 0 Å². The Bertz CT molecular complexity index is 1470. The van der Waals surface area contributed by atoms with Crippen molar-refractivity contribution in [3.63, 3.8) is 0 Å². The molecule has 40 heavy (non-hydrogen) atoms. The van der Waals surface area contributed by atoms with E-state index in [2.05, 4.69) is 37.9 Å². The monoisotopic (exact) mass is 538 g/mol. The van der Waals surface area contributed by atoms with Crippen molar-refractivity contribution in [2.75, 3.05) is 13.1 Å². The Morgan fingerprint density at radius 1 is 0.900 bits per heavy atom. The third kappa shape index (κ3) is 6.86. The van der Waals surface area contributed by atoms with Gasteiger partial charge in [0.25, 0.3) is 0 Å².